The first kappa shape index (κ1) is 21.7. The van der Waals surface area contributed by atoms with E-state index in [9.17, 15) is 8.42 Å². The van der Waals surface area contributed by atoms with Crippen LogP contribution in [-0.4, -0.2) is 59.2 Å². The highest BCUT2D eigenvalue weighted by Crippen LogP contribution is 2.25. The van der Waals surface area contributed by atoms with Gasteiger partial charge < -0.3 is 15.4 Å². The summed E-state index contributed by atoms with van der Waals surface area (Å²) >= 11 is 1.75. The fourth-order valence-corrected chi connectivity index (χ4v) is 4.66. The van der Waals surface area contributed by atoms with Crippen LogP contribution in [-0.2, 0) is 21.3 Å². The first-order valence-electron chi connectivity index (χ1n) is 9.39. The molecule has 0 aliphatic carbocycles. The summed E-state index contributed by atoms with van der Waals surface area (Å²) in [7, 11) is -2.00. The zero-order valence-corrected chi connectivity index (χ0v) is 18.0. The summed E-state index contributed by atoms with van der Waals surface area (Å²) in [6.45, 7) is 4.43. The van der Waals surface area contributed by atoms with Crippen molar-refractivity contribution in [2.45, 2.75) is 17.5 Å². The number of rotatable bonds is 7. The number of nitrogens with one attached hydrogen (secondary N) is 2. The molecular formula is C19H27N5O3S2. The number of nitrogens with zero attached hydrogens (tertiary/aromatic N) is 2. The Morgan fingerprint density at radius 3 is 2.72 bits per heavy atom. The number of primary sulfonamides is 1. The average Bonchev–Trinajstić information content (AvgIpc) is 3.25. The zero-order valence-electron chi connectivity index (χ0n) is 16.4. The number of benzene rings is 1. The lowest BCUT2D eigenvalue weighted by Gasteiger charge is -2.34. The lowest BCUT2D eigenvalue weighted by molar-refractivity contribution is 0.0177. The van der Waals surface area contributed by atoms with Crippen molar-refractivity contribution in [3.05, 3.63) is 52.2 Å². The molecule has 0 radical (unpaired) electrons. The molecule has 8 nitrogen and oxygen atoms in total. The number of ether oxygens (including phenoxy) is 1. The molecule has 1 atom stereocenters. The van der Waals surface area contributed by atoms with Crippen molar-refractivity contribution >= 4 is 27.3 Å². The number of morpholine rings is 1. The summed E-state index contributed by atoms with van der Waals surface area (Å²) in [5.74, 6) is 0.654. The lowest BCUT2D eigenvalue weighted by atomic mass is 10.2. The van der Waals surface area contributed by atoms with E-state index in [0.717, 1.165) is 31.9 Å². The third kappa shape index (κ3) is 6.25. The Kier molecular flexibility index (Phi) is 7.62. The summed E-state index contributed by atoms with van der Waals surface area (Å²) in [6.07, 6.45) is 0. The fraction of sp³-hybridized carbons (Fsp3) is 0.421. The molecule has 1 aromatic carbocycles. The van der Waals surface area contributed by atoms with Crippen molar-refractivity contribution in [1.82, 2.24) is 15.5 Å². The second kappa shape index (κ2) is 10.2. The quantitative estimate of drug-likeness (QED) is 0.443. The van der Waals surface area contributed by atoms with Gasteiger partial charge in [0.25, 0.3) is 0 Å². The second-order valence-corrected chi connectivity index (χ2v) is 9.22. The Hall–Kier alpha value is -1.98. The molecule has 1 unspecified atom stereocenters. The largest absolute Gasteiger partial charge is 0.379 e. The maximum Gasteiger partial charge on any atom is 0.238 e. The minimum absolute atomic E-state index is 0.102. The van der Waals surface area contributed by atoms with Crippen molar-refractivity contribution in [3.63, 3.8) is 0 Å². The standard InChI is InChI=1S/C19H27N5O3S2/c1-21-19(22-13-15-4-2-5-16(12-15)29(20,25)26)23-14-17(18-6-3-11-28-18)24-7-9-27-10-8-24/h2-6,11-12,17H,7-10,13-14H2,1H3,(H2,20,25,26)(H2,21,22,23). The van der Waals surface area contributed by atoms with Crippen LogP contribution in [0.25, 0.3) is 0 Å². The Morgan fingerprint density at radius 2 is 2.07 bits per heavy atom. The van der Waals surface area contributed by atoms with Crippen LogP contribution in [0.1, 0.15) is 16.5 Å². The summed E-state index contributed by atoms with van der Waals surface area (Å²) in [4.78, 5) is 8.11. The summed E-state index contributed by atoms with van der Waals surface area (Å²) in [5.41, 5.74) is 0.808. The SMILES string of the molecule is CN=C(NCc1cccc(S(N)(=O)=O)c1)NCC(c1cccs1)N1CCOCC1. The smallest absolute Gasteiger partial charge is 0.238 e. The molecule has 10 heteroatoms. The first-order chi connectivity index (χ1) is 14.0. The summed E-state index contributed by atoms with van der Waals surface area (Å²) in [5, 5.41) is 13.9. The van der Waals surface area contributed by atoms with Crippen molar-refractivity contribution < 1.29 is 13.2 Å². The molecule has 1 fully saturated rings. The maximum absolute atomic E-state index is 11.5. The van der Waals surface area contributed by atoms with E-state index in [2.05, 4.69) is 38.0 Å². The van der Waals surface area contributed by atoms with Gasteiger partial charge in [0.05, 0.1) is 24.2 Å². The van der Waals surface area contributed by atoms with Gasteiger partial charge in [-0.05, 0) is 29.1 Å². The lowest BCUT2D eigenvalue weighted by Crippen LogP contribution is -2.46. The monoisotopic (exact) mass is 437 g/mol. The molecule has 158 valence electrons. The molecule has 0 spiro atoms. The number of aliphatic imine (C=N–C) groups is 1. The topological polar surface area (TPSA) is 109 Å². The molecule has 29 heavy (non-hydrogen) atoms. The molecule has 3 rings (SSSR count). The Labute approximate surface area is 175 Å². The predicted octanol–water partition coefficient (Wildman–Crippen LogP) is 1.13. The van der Waals surface area contributed by atoms with Gasteiger partial charge in [-0.15, -0.1) is 11.3 Å². The summed E-state index contributed by atoms with van der Waals surface area (Å²) < 4.78 is 28.5. The van der Waals surface area contributed by atoms with Gasteiger partial charge in [0.15, 0.2) is 5.96 Å². The minimum atomic E-state index is -3.72. The van der Waals surface area contributed by atoms with Crippen LogP contribution in [0.4, 0.5) is 0 Å². The van der Waals surface area contributed by atoms with Crippen LogP contribution in [0.5, 0.6) is 0 Å². The highest BCUT2D eigenvalue weighted by molar-refractivity contribution is 7.89. The van der Waals surface area contributed by atoms with Crippen molar-refractivity contribution in [3.8, 4) is 0 Å². The average molecular weight is 438 g/mol. The van der Waals surface area contributed by atoms with Crippen LogP contribution in [0.3, 0.4) is 0 Å². The Balaban J connectivity index is 1.60. The fourth-order valence-electron chi connectivity index (χ4n) is 3.21. The van der Waals surface area contributed by atoms with E-state index in [0.29, 0.717) is 19.0 Å². The van der Waals surface area contributed by atoms with Crippen LogP contribution in [0, 0.1) is 0 Å². The minimum Gasteiger partial charge on any atom is -0.379 e. The van der Waals surface area contributed by atoms with Crippen molar-refractivity contribution in [1.29, 1.82) is 0 Å². The van der Waals surface area contributed by atoms with E-state index in [1.165, 1.54) is 10.9 Å². The van der Waals surface area contributed by atoms with Crippen molar-refractivity contribution in [2.75, 3.05) is 39.9 Å². The van der Waals surface area contributed by atoms with Gasteiger partial charge in [0.1, 0.15) is 0 Å². The number of nitrogens with two attached hydrogens (primary N) is 1. The first-order valence-corrected chi connectivity index (χ1v) is 11.8. The van der Waals surface area contributed by atoms with Gasteiger partial charge in [-0.1, -0.05) is 18.2 Å². The molecule has 1 aliphatic heterocycles. The predicted molar refractivity (Wildman–Crippen MR) is 115 cm³/mol. The molecule has 4 N–H and O–H groups in total. The number of guanidine groups is 1. The normalized spacial score (nSPS) is 17.1. The van der Waals surface area contributed by atoms with Crippen molar-refractivity contribution in [2.24, 2.45) is 10.1 Å². The van der Waals surface area contributed by atoms with E-state index in [4.69, 9.17) is 9.88 Å². The molecule has 2 aromatic rings. The van der Waals surface area contributed by atoms with E-state index < -0.39 is 10.0 Å². The Bertz CT molecular complexity index is 910. The Morgan fingerprint density at radius 1 is 1.28 bits per heavy atom. The molecule has 2 heterocycles. The van der Waals surface area contributed by atoms with Gasteiger partial charge in [0.2, 0.25) is 10.0 Å². The van der Waals surface area contributed by atoms with Crippen LogP contribution in [0.2, 0.25) is 0 Å². The molecule has 1 aliphatic rings. The van der Waals surface area contributed by atoms with Gasteiger partial charge in [0, 0.05) is 38.1 Å². The van der Waals surface area contributed by atoms with Crippen LogP contribution < -0.4 is 15.8 Å². The number of hydrogen-bond donors (Lipinski definition) is 3. The summed E-state index contributed by atoms with van der Waals surface area (Å²) in [6, 6.07) is 11.0. The third-order valence-corrected chi connectivity index (χ3v) is 6.62. The van der Waals surface area contributed by atoms with Crippen LogP contribution in [0.15, 0.2) is 51.7 Å². The van der Waals surface area contributed by atoms with Crippen LogP contribution >= 0.6 is 11.3 Å². The zero-order chi connectivity index (χ0) is 20.7. The number of thiophene rings is 1. The number of sulfonamides is 1. The molecule has 1 aromatic heterocycles. The molecular weight excluding hydrogens is 410 g/mol. The molecule has 0 bridgehead atoms. The van der Waals surface area contributed by atoms with Gasteiger partial charge >= 0.3 is 0 Å². The highest BCUT2D eigenvalue weighted by Gasteiger charge is 2.23. The van der Waals surface area contributed by atoms with Gasteiger partial charge in [-0.3, -0.25) is 9.89 Å². The maximum atomic E-state index is 11.5. The molecule has 0 amide bonds. The highest BCUT2D eigenvalue weighted by atomic mass is 32.2. The number of hydrogen-bond acceptors (Lipinski definition) is 6. The molecule has 1 saturated heterocycles. The second-order valence-electron chi connectivity index (χ2n) is 6.68. The third-order valence-electron chi connectivity index (χ3n) is 4.73. The van der Waals surface area contributed by atoms with Gasteiger partial charge in [-0.25, -0.2) is 13.6 Å². The van der Waals surface area contributed by atoms with E-state index in [1.54, 1.807) is 30.5 Å². The van der Waals surface area contributed by atoms with Gasteiger partial charge in [-0.2, -0.15) is 0 Å². The van der Waals surface area contributed by atoms with E-state index >= 15 is 0 Å². The molecule has 0 saturated carbocycles. The van der Waals surface area contributed by atoms with E-state index in [1.807, 2.05) is 6.07 Å². The van der Waals surface area contributed by atoms with E-state index in [-0.39, 0.29) is 10.9 Å².